The molecule has 0 aliphatic heterocycles. The maximum absolute atomic E-state index is 12.4. The summed E-state index contributed by atoms with van der Waals surface area (Å²) >= 11 is 6.01. The Balaban J connectivity index is 2.49. The molecule has 13 heteroatoms. The van der Waals surface area contributed by atoms with E-state index in [2.05, 4.69) is 10.1 Å². The molecule has 2 rings (SSSR count). The van der Waals surface area contributed by atoms with Crippen molar-refractivity contribution in [1.29, 1.82) is 0 Å². The fraction of sp³-hybridized carbons (Fsp3) is 0.375. The van der Waals surface area contributed by atoms with Crippen molar-refractivity contribution in [2.45, 2.75) is 52.9 Å². The molecule has 0 N–H and O–H groups in total. The fourth-order valence-electron chi connectivity index (χ4n) is 3.17. The molecule has 1 heterocycles. The first kappa shape index (κ1) is 29.2. The Morgan fingerprint density at radius 1 is 0.919 bits per heavy atom. The van der Waals surface area contributed by atoms with Crippen LogP contribution in [0.25, 0.3) is 10.9 Å². The highest BCUT2D eigenvalue weighted by atomic mass is 35.5. The third kappa shape index (κ3) is 9.15. The van der Waals surface area contributed by atoms with Gasteiger partial charge < -0.3 is 18.9 Å². The van der Waals surface area contributed by atoms with E-state index < -0.39 is 54.7 Å². The molecular formula is C24H26ClN3O9. The van der Waals surface area contributed by atoms with Crippen LogP contribution >= 0.6 is 11.6 Å². The minimum absolute atomic E-state index is 0.139. The molecule has 1 aromatic carbocycles. The molecule has 0 radical (unpaired) electrons. The van der Waals surface area contributed by atoms with Gasteiger partial charge in [-0.1, -0.05) is 11.6 Å². The SMILES string of the molecule is CC(=O)OC[C@@H](OC(C)=O)[C@@H](OC(C)=O)[C@@H](/C=N/N(C(C)=O)c1ccc2cc(Cl)ccc2n1)OC(C)=O. The number of carbonyl (C=O) groups is 5. The number of pyridine rings is 1. The Labute approximate surface area is 217 Å². The van der Waals surface area contributed by atoms with E-state index in [4.69, 9.17) is 30.5 Å². The van der Waals surface area contributed by atoms with Crippen molar-refractivity contribution in [2.24, 2.45) is 5.10 Å². The summed E-state index contributed by atoms with van der Waals surface area (Å²) in [5.74, 6) is -3.48. The molecule has 0 aliphatic carbocycles. The second-order valence-corrected chi connectivity index (χ2v) is 8.14. The number of hydrogen-bond acceptors (Lipinski definition) is 11. The monoisotopic (exact) mass is 535 g/mol. The Morgan fingerprint density at radius 2 is 1.57 bits per heavy atom. The molecule has 12 nitrogen and oxygen atoms in total. The van der Waals surface area contributed by atoms with Gasteiger partial charge in [0, 0.05) is 45.0 Å². The van der Waals surface area contributed by atoms with Gasteiger partial charge in [-0.3, -0.25) is 24.0 Å². The van der Waals surface area contributed by atoms with Gasteiger partial charge in [0.1, 0.15) is 6.61 Å². The van der Waals surface area contributed by atoms with Gasteiger partial charge in [-0.15, -0.1) is 0 Å². The molecule has 0 fully saturated rings. The van der Waals surface area contributed by atoms with Gasteiger partial charge in [-0.25, -0.2) is 4.98 Å². The number of amides is 1. The van der Waals surface area contributed by atoms with Crippen LogP contribution in [0.5, 0.6) is 0 Å². The first-order chi connectivity index (χ1) is 17.4. The van der Waals surface area contributed by atoms with Crippen molar-refractivity contribution in [3.63, 3.8) is 0 Å². The van der Waals surface area contributed by atoms with E-state index in [1.807, 2.05) is 0 Å². The van der Waals surface area contributed by atoms with Crippen LogP contribution in [0.4, 0.5) is 5.82 Å². The standard InChI is InChI=1S/C24H26ClN3O9/c1-13(29)28(23-9-6-18-10-19(25)7-8-20(18)27-23)26-11-21(35-15(3)31)24(37-17(5)33)22(36-16(4)32)12-34-14(2)30/h6-11,21-22,24H,12H2,1-5H3/b26-11+/t21-,22-,24+/m1/s1. The number of halogens is 1. The molecule has 0 spiro atoms. The number of benzene rings is 1. The van der Waals surface area contributed by atoms with Crippen LogP contribution in [0.2, 0.25) is 5.02 Å². The molecular weight excluding hydrogens is 510 g/mol. The van der Waals surface area contributed by atoms with Crippen LogP contribution in [0.15, 0.2) is 35.4 Å². The van der Waals surface area contributed by atoms with Crippen LogP contribution in [0, 0.1) is 0 Å². The molecule has 0 saturated heterocycles. The minimum Gasteiger partial charge on any atom is -0.462 e. The predicted octanol–water partition coefficient (Wildman–Crippen LogP) is 2.59. The molecule has 37 heavy (non-hydrogen) atoms. The number of ether oxygens (including phenoxy) is 4. The second-order valence-electron chi connectivity index (χ2n) is 7.70. The molecule has 2 aromatic rings. The number of fused-ring (bicyclic) bond motifs is 1. The third-order valence-corrected chi connectivity index (χ3v) is 4.78. The summed E-state index contributed by atoms with van der Waals surface area (Å²) in [5, 5.41) is 6.28. The first-order valence-corrected chi connectivity index (χ1v) is 11.3. The molecule has 0 bridgehead atoms. The summed E-state index contributed by atoms with van der Waals surface area (Å²) in [6.07, 6.45) is -3.28. The van der Waals surface area contributed by atoms with Gasteiger partial charge >= 0.3 is 23.9 Å². The highest BCUT2D eigenvalue weighted by molar-refractivity contribution is 6.31. The zero-order chi connectivity index (χ0) is 27.7. The first-order valence-electron chi connectivity index (χ1n) is 10.9. The average Bonchev–Trinajstić information content (AvgIpc) is 2.78. The van der Waals surface area contributed by atoms with E-state index in [1.54, 1.807) is 24.3 Å². The second kappa shape index (κ2) is 13.3. The Hall–Kier alpha value is -4.06. The van der Waals surface area contributed by atoms with Crippen LogP contribution in [0.1, 0.15) is 34.6 Å². The van der Waals surface area contributed by atoms with Gasteiger partial charge in [0.25, 0.3) is 0 Å². The van der Waals surface area contributed by atoms with Gasteiger partial charge in [0.2, 0.25) is 5.91 Å². The van der Waals surface area contributed by atoms with Gasteiger partial charge in [-0.05, 0) is 30.3 Å². The molecule has 0 aliphatic rings. The van der Waals surface area contributed by atoms with E-state index >= 15 is 0 Å². The molecule has 1 aromatic heterocycles. The third-order valence-electron chi connectivity index (χ3n) is 4.54. The van der Waals surface area contributed by atoms with Crippen LogP contribution in [-0.4, -0.2) is 65.9 Å². The lowest BCUT2D eigenvalue weighted by Gasteiger charge is -2.30. The molecule has 0 unspecified atom stereocenters. The molecule has 198 valence electrons. The largest absolute Gasteiger partial charge is 0.462 e. The van der Waals surface area contributed by atoms with Gasteiger partial charge in [0.15, 0.2) is 24.1 Å². The number of hydrogen-bond donors (Lipinski definition) is 0. The van der Waals surface area contributed by atoms with Crippen molar-refractivity contribution in [2.75, 3.05) is 11.6 Å². The van der Waals surface area contributed by atoms with E-state index in [1.165, 1.54) is 13.0 Å². The van der Waals surface area contributed by atoms with E-state index in [0.717, 1.165) is 44.3 Å². The summed E-state index contributed by atoms with van der Waals surface area (Å²) in [6, 6.07) is 8.23. The molecule has 0 saturated carbocycles. The van der Waals surface area contributed by atoms with Crippen molar-refractivity contribution in [1.82, 2.24) is 4.98 Å². The van der Waals surface area contributed by atoms with E-state index in [-0.39, 0.29) is 5.82 Å². The van der Waals surface area contributed by atoms with Crippen molar-refractivity contribution >= 4 is 64.3 Å². The Bertz CT molecular complexity index is 1220. The van der Waals surface area contributed by atoms with Crippen LogP contribution < -0.4 is 5.01 Å². The zero-order valence-corrected chi connectivity index (χ0v) is 21.6. The highest BCUT2D eigenvalue weighted by Crippen LogP contribution is 2.22. The quantitative estimate of drug-likeness (QED) is 0.192. The molecule has 3 atom stereocenters. The summed E-state index contributed by atoms with van der Waals surface area (Å²) in [6.45, 7) is 5.13. The van der Waals surface area contributed by atoms with Crippen molar-refractivity contribution in [3.05, 3.63) is 35.4 Å². The average molecular weight is 536 g/mol. The lowest BCUT2D eigenvalue weighted by Crippen LogP contribution is -2.48. The topological polar surface area (TPSA) is 151 Å². The number of carbonyl (C=O) groups excluding carboxylic acids is 5. The maximum Gasteiger partial charge on any atom is 0.303 e. The Morgan fingerprint density at radius 3 is 2.14 bits per heavy atom. The van der Waals surface area contributed by atoms with Crippen LogP contribution in [-0.2, 0) is 42.9 Å². The Kier molecular flexibility index (Phi) is 10.5. The minimum atomic E-state index is -1.48. The summed E-state index contributed by atoms with van der Waals surface area (Å²) in [5.41, 5.74) is 0.536. The number of rotatable bonds is 10. The number of anilines is 1. The highest BCUT2D eigenvalue weighted by Gasteiger charge is 2.37. The predicted molar refractivity (Wildman–Crippen MR) is 132 cm³/mol. The van der Waals surface area contributed by atoms with E-state index in [0.29, 0.717) is 10.5 Å². The van der Waals surface area contributed by atoms with E-state index in [9.17, 15) is 24.0 Å². The van der Waals surface area contributed by atoms with Gasteiger partial charge in [-0.2, -0.15) is 10.1 Å². The number of esters is 4. The molecule has 1 amide bonds. The summed E-state index contributed by atoms with van der Waals surface area (Å²) in [7, 11) is 0. The lowest BCUT2D eigenvalue weighted by molar-refractivity contribution is -0.183. The maximum atomic E-state index is 12.4. The fourth-order valence-corrected chi connectivity index (χ4v) is 3.35. The smallest absolute Gasteiger partial charge is 0.303 e. The zero-order valence-electron chi connectivity index (χ0n) is 20.8. The van der Waals surface area contributed by atoms with Crippen molar-refractivity contribution < 1.29 is 42.9 Å². The summed E-state index contributed by atoms with van der Waals surface area (Å²) < 4.78 is 20.6. The van der Waals surface area contributed by atoms with Gasteiger partial charge in [0.05, 0.1) is 11.7 Å². The lowest BCUT2D eigenvalue weighted by atomic mass is 10.1. The van der Waals surface area contributed by atoms with Crippen LogP contribution in [0.3, 0.4) is 0 Å². The number of hydrazone groups is 1. The number of nitrogens with zero attached hydrogens (tertiary/aromatic N) is 3. The normalized spacial score (nSPS) is 13.4. The summed E-state index contributed by atoms with van der Waals surface area (Å²) in [4.78, 5) is 63.6. The van der Waals surface area contributed by atoms with Crippen molar-refractivity contribution in [3.8, 4) is 0 Å². The number of aromatic nitrogens is 1.